The molecule has 11 heteroatoms. The van der Waals surface area contributed by atoms with Crippen LogP contribution in [0.15, 0.2) is 49.9 Å². The van der Waals surface area contributed by atoms with Crippen molar-refractivity contribution in [1.29, 1.82) is 0 Å². The molecule has 0 bridgehead atoms. The van der Waals surface area contributed by atoms with Crippen molar-refractivity contribution in [3.05, 3.63) is 56.9 Å². The summed E-state index contributed by atoms with van der Waals surface area (Å²) in [5.74, 6) is 2.91. The normalized spacial score (nSPS) is 11.0. The van der Waals surface area contributed by atoms with Crippen molar-refractivity contribution >= 4 is 50.6 Å². The summed E-state index contributed by atoms with van der Waals surface area (Å²) < 4.78 is 11.9. The van der Waals surface area contributed by atoms with Gasteiger partial charge in [0.05, 0.1) is 10.6 Å². The van der Waals surface area contributed by atoms with Crippen LogP contribution in [0.3, 0.4) is 0 Å². The number of hydrogen-bond acceptors (Lipinski definition) is 8. The van der Waals surface area contributed by atoms with Gasteiger partial charge in [0, 0.05) is 14.9 Å². The molecule has 3 heterocycles. The van der Waals surface area contributed by atoms with Crippen LogP contribution in [-0.4, -0.2) is 25.3 Å². The topological polar surface area (TPSA) is 89.7 Å². The van der Waals surface area contributed by atoms with Gasteiger partial charge in [-0.1, -0.05) is 28.5 Å². The fourth-order valence-corrected chi connectivity index (χ4v) is 4.19. The molecule has 0 aliphatic rings. The van der Waals surface area contributed by atoms with Crippen LogP contribution in [0.4, 0.5) is 0 Å². The summed E-state index contributed by atoms with van der Waals surface area (Å²) in [4.78, 5) is 9.71. The van der Waals surface area contributed by atoms with Crippen LogP contribution in [-0.2, 0) is 12.4 Å². The molecule has 4 aromatic rings. The Morgan fingerprint density at radius 1 is 1.26 bits per heavy atom. The number of halogens is 2. The third kappa shape index (κ3) is 4.89. The van der Waals surface area contributed by atoms with Crippen molar-refractivity contribution in [3.63, 3.8) is 0 Å². The predicted molar refractivity (Wildman–Crippen MR) is 107 cm³/mol. The van der Waals surface area contributed by atoms with Gasteiger partial charge in [0.1, 0.15) is 12.4 Å². The third-order valence-corrected chi connectivity index (χ3v) is 6.05. The number of aromatic amines is 1. The quantitative estimate of drug-likeness (QED) is 0.360. The molecule has 0 fully saturated rings. The van der Waals surface area contributed by atoms with Crippen LogP contribution >= 0.6 is 50.6 Å². The summed E-state index contributed by atoms with van der Waals surface area (Å²) in [6.07, 6.45) is 0. The summed E-state index contributed by atoms with van der Waals surface area (Å²) in [6.45, 7) is 0.285. The number of thioether (sulfide) groups is 1. The van der Waals surface area contributed by atoms with Crippen LogP contribution in [0.5, 0.6) is 5.75 Å². The van der Waals surface area contributed by atoms with Crippen molar-refractivity contribution in [2.45, 2.75) is 17.5 Å². The number of hydrogen-bond donors (Lipinski definition) is 1. The predicted octanol–water partition coefficient (Wildman–Crippen LogP) is 5.20. The van der Waals surface area contributed by atoms with Gasteiger partial charge >= 0.3 is 0 Å². The minimum Gasteiger partial charge on any atom is -0.486 e. The van der Waals surface area contributed by atoms with Gasteiger partial charge in [0.2, 0.25) is 16.9 Å². The standard InChI is InChI=1S/C16H11BrClN5O2S2/c17-9-5-12(26-7-9)15-20-14(25-23-15)8-27-16-19-13(21-22-16)6-24-11-3-1-10(18)2-4-11/h1-5,7H,6,8H2,(H,19,21,22). The fourth-order valence-electron chi connectivity index (χ4n) is 2.06. The Hall–Kier alpha value is -1.88. The van der Waals surface area contributed by atoms with E-state index in [1.165, 1.54) is 11.8 Å². The average molecular weight is 485 g/mol. The number of aromatic nitrogens is 5. The number of nitrogens with zero attached hydrogens (tertiary/aromatic N) is 4. The van der Waals surface area contributed by atoms with Gasteiger partial charge in [-0.05, 0) is 46.3 Å². The molecule has 138 valence electrons. The van der Waals surface area contributed by atoms with Gasteiger partial charge in [0.25, 0.3) is 0 Å². The largest absolute Gasteiger partial charge is 0.486 e. The second kappa shape index (κ2) is 8.42. The molecule has 1 N–H and O–H groups in total. The zero-order valence-corrected chi connectivity index (χ0v) is 17.5. The van der Waals surface area contributed by atoms with E-state index in [1.807, 2.05) is 11.4 Å². The van der Waals surface area contributed by atoms with E-state index in [9.17, 15) is 0 Å². The lowest BCUT2D eigenvalue weighted by Crippen LogP contribution is -1.97. The van der Waals surface area contributed by atoms with Crippen molar-refractivity contribution in [2.24, 2.45) is 0 Å². The van der Waals surface area contributed by atoms with Gasteiger partial charge < -0.3 is 9.26 Å². The zero-order valence-electron chi connectivity index (χ0n) is 13.6. The summed E-state index contributed by atoms with van der Waals surface area (Å²) in [6, 6.07) is 9.09. The molecular weight excluding hydrogens is 474 g/mol. The maximum absolute atomic E-state index is 5.85. The number of rotatable bonds is 7. The van der Waals surface area contributed by atoms with Gasteiger partial charge in [-0.25, -0.2) is 4.98 Å². The second-order valence-electron chi connectivity index (χ2n) is 5.24. The van der Waals surface area contributed by atoms with Crippen molar-refractivity contribution in [1.82, 2.24) is 25.3 Å². The van der Waals surface area contributed by atoms with Gasteiger partial charge in [-0.2, -0.15) is 4.98 Å². The first-order valence-electron chi connectivity index (χ1n) is 7.65. The van der Waals surface area contributed by atoms with Crippen LogP contribution < -0.4 is 4.74 Å². The van der Waals surface area contributed by atoms with Crippen molar-refractivity contribution in [2.75, 3.05) is 0 Å². The number of nitrogens with one attached hydrogen (secondary N) is 1. The van der Waals surface area contributed by atoms with Gasteiger partial charge in [0.15, 0.2) is 5.82 Å². The molecule has 0 unspecified atom stereocenters. The zero-order chi connectivity index (χ0) is 18.6. The summed E-state index contributed by atoms with van der Waals surface area (Å²) >= 11 is 12.2. The van der Waals surface area contributed by atoms with Crippen LogP contribution in [0.2, 0.25) is 5.02 Å². The number of ether oxygens (including phenoxy) is 1. The Labute approximate surface area is 175 Å². The third-order valence-electron chi connectivity index (χ3n) is 3.28. The lowest BCUT2D eigenvalue weighted by molar-refractivity contribution is 0.296. The van der Waals surface area contributed by atoms with E-state index in [0.717, 1.165) is 9.35 Å². The number of thiophene rings is 1. The molecule has 27 heavy (non-hydrogen) atoms. The Morgan fingerprint density at radius 3 is 2.89 bits per heavy atom. The Kier molecular flexibility index (Phi) is 5.77. The second-order valence-corrected chi connectivity index (χ2v) is 8.44. The number of benzene rings is 1. The fraction of sp³-hybridized carbons (Fsp3) is 0.125. The molecule has 0 spiro atoms. The molecule has 1 aromatic carbocycles. The van der Waals surface area contributed by atoms with E-state index >= 15 is 0 Å². The Bertz CT molecular complexity index is 1030. The molecule has 0 amide bonds. The SMILES string of the molecule is Clc1ccc(OCc2nc(SCc3nc(-c4cc(Br)cs4)no3)n[nH]2)cc1. The first kappa shape index (κ1) is 18.5. The minimum atomic E-state index is 0.285. The molecule has 4 rings (SSSR count). The maximum Gasteiger partial charge on any atom is 0.237 e. The first-order chi connectivity index (χ1) is 13.2. The summed E-state index contributed by atoms with van der Waals surface area (Å²) in [5.41, 5.74) is 0. The Balaban J connectivity index is 1.30. The molecule has 0 aliphatic heterocycles. The Morgan fingerprint density at radius 2 is 2.11 bits per heavy atom. The molecule has 7 nitrogen and oxygen atoms in total. The van der Waals surface area contributed by atoms with E-state index in [0.29, 0.717) is 39.2 Å². The molecule has 0 aliphatic carbocycles. The van der Waals surface area contributed by atoms with Gasteiger partial charge in [-0.15, -0.1) is 16.4 Å². The minimum absolute atomic E-state index is 0.285. The maximum atomic E-state index is 5.85. The average Bonchev–Trinajstić information content (AvgIpc) is 3.40. The van der Waals surface area contributed by atoms with Crippen molar-refractivity contribution in [3.8, 4) is 16.5 Å². The van der Waals surface area contributed by atoms with E-state index in [4.69, 9.17) is 20.9 Å². The van der Waals surface area contributed by atoms with E-state index in [-0.39, 0.29) is 6.61 Å². The monoisotopic (exact) mass is 483 g/mol. The molecule has 0 atom stereocenters. The van der Waals surface area contributed by atoms with Crippen molar-refractivity contribution < 1.29 is 9.26 Å². The highest BCUT2D eigenvalue weighted by Gasteiger charge is 2.12. The lowest BCUT2D eigenvalue weighted by Gasteiger charge is -2.02. The molecule has 0 radical (unpaired) electrons. The summed E-state index contributed by atoms with van der Waals surface area (Å²) in [5, 5.41) is 14.2. The summed E-state index contributed by atoms with van der Waals surface area (Å²) in [7, 11) is 0. The molecule has 0 saturated heterocycles. The van der Waals surface area contributed by atoms with Crippen LogP contribution in [0.25, 0.3) is 10.7 Å². The highest BCUT2D eigenvalue weighted by molar-refractivity contribution is 9.10. The smallest absolute Gasteiger partial charge is 0.237 e. The molecule has 3 aromatic heterocycles. The lowest BCUT2D eigenvalue weighted by atomic mass is 10.3. The van der Waals surface area contributed by atoms with Crippen LogP contribution in [0.1, 0.15) is 11.7 Å². The highest BCUT2D eigenvalue weighted by atomic mass is 79.9. The van der Waals surface area contributed by atoms with E-state index in [1.54, 1.807) is 35.6 Å². The van der Waals surface area contributed by atoms with Gasteiger partial charge in [-0.3, -0.25) is 5.10 Å². The first-order valence-corrected chi connectivity index (χ1v) is 10.7. The van der Waals surface area contributed by atoms with Crippen LogP contribution in [0, 0.1) is 0 Å². The number of H-pyrrole nitrogens is 1. The molecule has 0 saturated carbocycles. The highest BCUT2D eigenvalue weighted by Crippen LogP contribution is 2.28. The van der Waals surface area contributed by atoms with E-state index < -0.39 is 0 Å². The molecular formula is C16H11BrClN5O2S2. The van der Waals surface area contributed by atoms with E-state index in [2.05, 4.69) is 41.3 Å².